The Hall–Kier alpha value is -4.28. The number of benzene rings is 2. The summed E-state index contributed by atoms with van der Waals surface area (Å²) in [6, 6.07) is 14.0. The fourth-order valence-electron chi connectivity index (χ4n) is 6.35. The van der Waals surface area contributed by atoms with Gasteiger partial charge in [-0.3, -0.25) is 19.3 Å². The number of nitrogens with one attached hydrogen (secondary N) is 2. The number of carbonyl (C=O) groups is 1. The molecule has 41 heavy (non-hydrogen) atoms. The van der Waals surface area contributed by atoms with Gasteiger partial charge < -0.3 is 14.6 Å². The van der Waals surface area contributed by atoms with Gasteiger partial charge in [-0.2, -0.15) is 4.98 Å². The molecule has 1 unspecified atom stereocenters. The number of hydrogen-bond donors (Lipinski definition) is 2. The lowest BCUT2D eigenvalue weighted by molar-refractivity contribution is -0.00775. The topological polar surface area (TPSA) is 111 Å². The second-order valence-electron chi connectivity index (χ2n) is 11.1. The van der Waals surface area contributed by atoms with Gasteiger partial charge in [-0.15, -0.1) is 0 Å². The highest BCUT2D eigenvalue weighted by atomic mass is 16.6. The Kier molecular flexibility index (Phi) is 6.64. The normalized spacial score (nSPS) is 21.0. The third-order valence-corrected chi connectivity index (χ3v) is 8.54. The molecule has 4 aliphatic rings. The number of pyridine rings is 1. The number of aromatic nitrogens is 3. The molecule has 0 spiro atoms. The van der Waals surface area contributed by atoms with Gasteiger partial charge in [-0.1, -0.05) is 6.07 Å². The number of hydrogen-bond acceptors (Lipinski definition) is 8. The van der Waals surface area contributed by atoms with E-state index in [2.05, 4.69) is 32.8 Å². The van der Waals surface area contributed by atoms with Gasteiger partial charge in [0.15, 0.2) is 5.65 Å². The van der Waals surface area contributed by atoms with E-state index in [9.17, 15) is 9.59 Å². The molecule has 5 heterocycles. The number of hydroxylamine groups is 1. The molecule has 3 fully saturated rings. The van der Waals surface area contributed by atoms with Crippen LogP contribution in [0, 0.1) is 5.92 Å². The first-order chi connectivity index (χ1) is 20.1. The zero-order valence-corrected chi connectivity index (χ0v) is 22.9. The van der Waals surface area contributed by atoms with E-state index in [4.69, 9.17) is 14.6 Å². The highest BCUT2D eigenvalue weighted by molar-refractivity contribution is 5.96. The van der Waals surface area contributed by atoms with Crippen LogP contribution in [-0.2, 0) is 17.7 Å². The summed E-state index contributed by atoms with van der Waals surface area (Å²) in [5, 5.41) is 3.49. The minimum Gasteiger partial charge on any atom is -0.489 e. The van der Waals surface area contributed by atoms with Gasteiger partial charge in [0.2, 0.25) is 11.4 Å². The number of rotatable bonds is 7. The highest BCUT2D eigenvalue weighted by Crippen LogP contribution is 2.31. The van der Waals surface area contributed by atoms with Gasteiger partial charge in [0.05, 0.1) is 12.5 Å². The molecule has 210 valence electrons. The average Bonchev–Trinajstić information content (AvgIpc) is 3.47. The maximum atomic E-state index is 13.3. The van der Waals surface area contributed by atoms with Crippen molar-refractivity contribution in [1.29, 1.82) is 0 Å². The van der Waals surface area contributed by atoms with Crippen molar-refractivity contribution in [2.45, 2.75) is 38.2 Å². The van der Waals surface area contributed by atoms with Crippen LogP contribution in [0.2, 0.25) is 0 Å². The molecule has 4 aromatic rings. The van der Waals surface area contributed by atoms with Crippen LogP contribution in [0.3, 0.4) is 0 Å². The zero-order chi connectivity index (χ0) is 27.9. The van der Waals surface area contributed by atoms with Gasteiger partial charge in [-0.05, 0) is 98.6 Å². The van der Waals surface area contributed by atoms with Crippen molar-refractivity contribution in [2.24, 2.45) is 5.92 Å². The Morgan fingerprint density at radius 1 is 1.05 bits per heavy atom. The number of piperidine rings is 3. The van der Waals surface area contributed by atoms with E-state index in [1.54, 1.807) is 4.57 Å². The Labute approximate surface area is 237 Å². The van der Waals surface area contributed by atoms with Gasteiger partial charge in [0.25, 0.3) is 5.91 Å². The predicted octanol–water partition coefficient (Wildman–Crippen LogP) is 3.78. The molecule has 10 heteroatoms. The van der Waals surface area contributed by atoms with Crippen molar-refractivity contribution < 1.29 is 14.4 Å². The highest BCUT2D eigenvalue weighted by Gasteiger charge is 2.35. The molecule has 0 saturated carbocycles. The van der Waals surface area contributed by atoms with E-state index in [1.165, 1.54) is 56.6 Å². The first kappa shape index (κ1) is 25.7. The Morgan fingerprint density at radius 3 is 2.61 bits per heavy atom. The summed E-state index contributed by atoms with van der Waals surface area (Å²) in [5.74, 6) is 1.19. The van der Waals surface area contributed by atoms with Gasteiger partial charge in [-0.25, -0.2) is 10.5 Å². The van der Waals surface area contributed by atoms with Crippen LogP contribution in [0.25, 0.3) is 16.7 Å². The Balaban J connectivity index is 1.20. The minimum atomic E-state index is -0.628. The quantitative estimate of drug-likeness (QED) is 0.334. The number of nitrogens with zero attached hydrogens (tertiary/aromatic N) is 4. The molecule has 1 amide bonds. The molecule has 1 aliphatic carbocycles. The number of amides is 1. The molecule has 3 saturated heterocycles. The summed E-state index contributed by atoms with van der Waals surface area (Å²) in [4.78, 5) is 42.3. The van der Waals surface area contributed by atoms with Crippen LogP contribution in [-0.4, -0.2) is 58.2 Å². The zero-order valence-electron chi connectivity index (χ0n) is 22.9. The third kappa shape index (κ3) is 4.93. The van der Waals surface area contributed by atoms with Crippen molar-refractivity contribution in [3.63, 3.8) is 0 Å². The summed E-state index contributed by atoms with van der Waals surface area (Å²) >= 11 is 0. The fourth-order valence-corrected chi connectivity index (χ4v) is 6.35. The summed E-state index contributed by atoms with van der Waals surface area (Å²) in [5.41, 5.74) is 6.35. The van der Waals surface area contributed by atoms with Crippen molar-refractivity contribution >= 4 is 28.6 Å². The largest absolute Gasteiger partial charge is 0.489 e. The summed E-state index contributed by atoms with van der Waals surface area (Å²) < 4.78 is 8.10. The van der Waals surface area contributed by atoms with E-state index in [1.807, 2.05) is 30.3 Å². The minimum absolute atomic E-state index is 0.0530. The maximum absolute atomic E-state index is 13.3. The van der Waals surface area contributed by atoms with Gasteiger partial charge >= 0.3 is 0 Å². The monoisotopic (exact) mass is 552 g/mol. The van der Waals surface area contributed by atoms with Crippen molar-refractivity contribution in [1.82, 2.24) is 24.9 Å². The number of ether oxygens (including phenoxy) is 1. The molecule has 2 bridgehead atoms. The van der Waals surface area contributed by atoms with E-state index in [-0.39, 0.29) is 17.1 Å². The summed E-state index contributed by atoms with van der Waals surface area (Å²) in [6.07, 6.45) is 8.81. The lowest BCUT2D eigenvalue weighted by Gasteiger charge is -2.44. The van der Waals surface area contributed by atoms with Crippen LogP contribution in [0.5, 0.6) is 5.75 Å². The van der Waals surface area contributed by atoms with E-state index >= 15 is 0 Å². The van der Waals surface area contributed by atoms with Crippen LogP contribution in [0.15, 0.2) is 59.7 Å². The summed E-state index contributed by atoms with van der Waals surface area (Å²) in [6.45, 7) is 3.36. The molecule has 10 nitrogen and oxygen atoms in total. The molecule has 2 aromatic heterocycles. The second kappa shape index (κ2) is 10.6. The van der Waals surface area contributed by atoms with Gasteiger partial charge in [0, 0.05) is 30.3 Å². The standard InChI is InChI=1S/C31H32N6O4/c1-40-35-30(39)26-17-37(23-8-5-19-3-2-4-21(19)15-23)29-25(28(26)38)16-32-31(34-29)33-22-6-9-24(10-7-22)41-27-18-36-13-11-20(27)12-14-36/h5-10,15-17,20,27H,2-4,11-14,18H2,1H3,(H,35,39)(H,32,33,34). The first-order valence-corrected chi connectivity index (χ1v) is 14.2. The summed E-state index contributed by atoms with van der Waals surface area (Å²) in [7, 11) is 1.33. The Bertz CT molecular complexity index is 1680. The number of aryl methyl sites for hydroxylation is 2. The molecule has 2 N–H and O–H groups in total. The van der Waals surface area contributed by atoms with Crippen LogP contribution in [0.4, 0.5) is 11.6 Å². The molecule has 2 aromatic carbocycles. The van der Waals surface area contributed by atoms with E-state index in [0.717, 1.165) is 42.9 Å². The van der Waals surface area contributed by atoms with Crippen molar-refractivity contribution in [3.05, 3.63) is 81.8 Å². The number of anilines is 2. The van der Waals surface area contributed by atoms with Gasteiger partial charge in [0.1, 0.15) is 17.4 Å². The lowest BCUT2D eigenvalue weighted by atomic mass is 9.86. The van der Waals surface area contributed by atoms with Crippen LogP contribution >= 0.6 is 0 Å². The maximum Gasteiger partial charge on any atom is 0.280 e. The fraction of sp³-hybridized carbons (Fsp3) is 0.355. The lowest BCUT2D eigenvalue weighted by Crippen LogP contribution is -2.52. The molecular weight excluding hydrogens is 520 g/mol. The molecule has 3 aliphatic heterocycles. The third-order valence-electron chi connectivity index (χ3n) is 8.54. The molecule has 1 atom stereocenters. The first-order valence-electron chi connectivity index (χ1n) is 14.2. The van der Waals surface area contributed by atoms with Crippen molar-refractivity contribution in [3.8, 4) is 11.4 Å². The van der Waals surface area contributed by atoms with Crippen molar-refractivity contribution in [2.75, 3.05) is 32.1 Å². The molecular formula is C31H32N6O4. The number of fused-ring (bicyclic) bond motifs is 5. The predicted molar refractivity (Wildman–Crippen MR) is 155 cm³/mol. The average molecular weight is 553 g/mol. The Morgan fingerprint density at radius 2 is 1.85 bits per heavy atom. The van der Waals surface area contributed by atoms with Crippen LogP contribution in [0.1, 0.15) is 40.7 Å². The molecule has 8 rings (SSSR count). The van der Waals surface area contributed by atoms with Crippen LogP contribution < -0.4 is 21.0 Å². The number of carbonyl (C=O) groups excluding carboxylic acids is 1. The molecule has 0 radical (unpaired) electrons. The SMILES string of the molecule is CONC(=O)c1cn(-c2ccc3c(c2)CCC3)c2nc(Nc3ccc(OC4CN5CCC4CC5)cc3)ncc2c1=O. The van der Waals surface area contributed by atoms with E-state index < -0.39 is 11.3 Å². The second-order valence-corrected chi connectivity index (χ2v) is 11.1. The smallest absolute Gasteiger partial charge is 0.280 e. The van der Waals surface area contributed by atoms with E-state index in [0.29, 0.717) is 17.5 Å².